The van der Waals surface area contributed by atoms with Gasteiger partial charge in [0.05, 0.1) is 12.2 Å². The van der Waals surface area contributed by atoms with Crippen LogP contribution in [0.1, 0.15) is 65.7 Å². The zero-order chi connectivity index (χ0) is 14.1. The molecule has 0 aromatic carbocycles. The van der Waals surface area contributed by atoms with Crippen LogP contribution in [-0.2, 0) is 4.74 Å². The number of nitrogens with one attached hydrogen (secondary N) is 1. The first-order valence-electron chi connectivity index (χ1n) is 7.93. The minimum Gasteiger partial charge on any atom is -0.378 e. The van der Waals surface area contributed by atoms with E-state index < -0.39 is 0 Å². The largest absolute Gasteiger partial charge is 0.378 e. The van der Waals surface area contributed by atoms with Crippen molar-refractivity contribution in [1.29, 1.82) is 5.26 Å². The maximum atomic E-state index is 9.34. The standard InChI is InChI=1S/C16H30N2O/c1-4-16(13-17,18-5-2)10-7-11-19-15-9-6-8-14(3)12-15/h14-15,18H,4-12H2,1-3H3. The molecule has 0 bridgehead atoms. The second-order valence-electron chi connectivity index (χ2n) is 5.95. The summed E-state index contributed by atoms with van der Waals surface area (Å²) in [6.45, 7) is 8.10. The van der Waals surface area contributed by atoms with Crippen LogP contribution < -0.4 is 5.32 Å². The second-order valence-corrected chi connectivity index (χ2v) is 5.95. The molecule has 1 rings (SSSR count). The van der Waals surface area contributed by atoms with Gasteiger partial charge >= 0.3 is 0 Å². The third-order valence-electron chi connectivity index (χ3n) is 4.32. The van der Waals surface area contributed by atoms with Gasteiger partial charge in [0.2, 0.25) is 0 Å². The molecule has 1 aliphatic rings. The highest BCUT2D eigenvalue weighted by atomic mass is 16.5. The Kier molecular flexibility index (Phi) is 7.41. The van der Waals surface area contributed by atoms with Crippen LogP contribution >= 0.6 is 0 Å². The molecule has 0 amide bonds. The number of hydrogen-bond donors (Lipinski definition) is 1. The summed E-state index contributed by atoms with van der Waals surface area (Å²) < 4.78 is 5.98. The lowest BCUT2D eigenvalue weighted by Crippen LogP contribution is -2.43. The summed E-state index contributed by atoms with van der Waals surface area (Å²) in [4.78, 5) is 0. The Morgan fingerprint density at radius 1 is 1.37 bits per heavy atom. The molecule has 0 aromatic rings. The summed E-state index contributed by atoms with van der Waals surface area (Å²) in [6.07, 6.45) is 8.27. The van der Waals surface area contributed by atoms with Crippen LogP contribution in [0, 0.1) is 17.2 Å². The quantitative estimate of drug-likeness (QED) is 0.682. The fourth-order valence-corrected chi connectivity index (χ4v) is 3.06. The van der Waals surface area contributed by atoms with Gasteiger partial charge in [0, 0.05) is 6.61 Å². The minimum atomic E-state index is -0.349. The van der Waals surface area contributed by atoms with Crippen LogP contribution in [0.4, 0.5) is 0 Å². The highest BCUT2D eigenvalue weighted by Crippen LogP contribution is 2.26. The molecule has 19 heavy (non-hydrogen) atoms. The SMILES string of the molecule is CCNC(C#N)(CC)CCCOC1CCCC(C)C1. The van der Waals surface area contributed by atoms with E-state index in [-0.39, 0.29) is 5.54 Å². The van der Waals surface area contributed by atoms with Crippen LogP contribution in [0.3, 0.4) is 0 Å². The summed E-state index contributed by atoms with van der Waals surface area (Å²) in [6, 6.07) is 2.45. The van der Waals surface area contributed by atoms with E-state index in [1.807, 2.05) is 0 Å². The Labute approximate surface area is 118 Å². The molecular weight excluding hydrogens is 236 g/mol. The molecule has 3 atom stereocenters. The van der Waals surface area contributed by atoms with Gasteiger partial charge in [0.15, 0.2) is 0 Å². The Morgan fingerprint density at radius 2 is 2.16 bits per heavy atom. The molecule has 1 saturated carbocycles. The third kappa shape index (κ3) is 5.50. The highest BCUT2D eigenvalue weighted by molar-refractivity contribution is 5.05. The van der Waals surface area contributed by atoms with E-state index in [1.54, 1.807) is 0 Å². The Morgan fingerprint density at radius 3 is 2.74 bits per heavy atom. The first kappa shape index (κ1) is 16.5. The molecule has 0 saturated heterocycles. The van der Waals surface area contributed by atoms with E-state index >= 15 is 0 Å². The minimum absolute atomic E-state index is 0.349. The van der Waals surface area contributed by atoms with Crippen molar-refractivity contribution in [3.63, 3.8) is 0 Å². The Balaban J connectivity index is 2.23. The smallest absolute Gasteiger partial charge is 0.106 e. The predicted octanol–water partition coefficient (Wildman–Crippen LogP) is 3.64. The monoisotopic (exact) mass is 266 g/mol. The van der Waals surface area contributed by atoms with E-state index in [0.717, 1.165) is 38.3 Å². The molecule has 1 N–H and O–H groups in total. The fraction of sp³-hybridized carbons (Fsp3) is 0.938. The maximum Gasteiger partial charge on any atom is 0.106 e. The van der Waals surface area contributed by atoms with E-state index in [2.05, 4.69) is 32.2 Å². The van der Waals surface area contributed by atoms with Crippen LogP contribution in [0.5, 0.6) is 0 Å². The van der Waals surface area contributed by atoms with E-state index in [0.29, 0.717) is 6.10 Å². The van der Waals surface area contributed by atoms with Gasteiger partial charge in [-0.05, 0) is 44.6 Å². The highest BCUT2D eigenvalue weighted by Gasteiger charge is 2.26. The van der Waals surface area contributed by atoms with Gasteiger partial charge < -0.3 is 4.74 Å². The van der Waals surface area contributed by atoms with Crippen molar-refractivity contribution < 1.29 is 4.74 Å². The topological polar surface area (TPSA) is 45.0 Å². The van der Waals surface area contributed by atoms with Gasteiger partial charge in [-0.2, -0.15) is 5.26 Å². The van der Waals surface area contributed by atoms with Gasteiger partial charge in [-0.15, -0.1) is 0 Å². The predicted molar refractivity (Wildman–Crippen MR) is 78.9 cm³/mol. The van der Waals surface area contributed by atoms with Crippen molar-refractivity contribution in [1.82, 2.24) is 5.32 Å². The Hall–Kier alpha value is -0.590. The lowest BCUT2D eigenvalue weighted by atomic mass is 9.88. The molecule has 0 aliphatic heterocycles. The van der Waals surface area contributed by atoms with Crippen molar-refractivity contribution in [2.24, 2.45) is 5.92 Å². The van der Waals surface area contributed by atoms with Gasteiger partial charge in [-0.3, -0.25) is 5.32 Å². The zero-order valence-electron chi connectivity index (χ0n) is 12.9. The number of rotatable bonds is 8. The molecular formula is C16H30N2O. The number of nitrogens with zero attached hydrogens (tertiary/aromatic N) is 1. The molecule has 0 heterocycles. The Bertz CT molecular complexity index is 287. The molecule has 0 aromatic heterocycles. The van der Waals surface area contributed by atoms with E-state index in [9.17, 15) is 5.26 Å². The first-order chi connectivity index (χ1) is 9.15. The molecule has 3 unspecified atom stereocenters. The van der Waals surface area contributed by atoms with Crippen molar-refractivity contribution in [2.45, 2.75) is 77.4 Å². The molecule has 3 nitrogen and oxygen atoms in total. The van der Waals surface area contributed by atoms with Crippen LogP contribution in [0.2, 0.25) is 0 Å². The second kappa shape index (κ2) is 8.55. The lowest BCUT2D eigenvalue weighted by molar-refractivity contribution is 0.0121. The number of nitriles is 1. The average molecular weight is 266 g/mol. The summed E-state index contributed by atoms with van der Waals surface area (Å²) in [5.74, 6) is 0.814. The van der Waals surface area contributed by atoms with Crippen LogP contribution in [0.25, 0.3) is 0 Å². The van der Waals surface area contributed by atoms with E-state index in [4.69, 9.17) is 4.74 Å². The van der Waals surface area contributed by atoms with Crippen molar-refractivity contribution in [3.8, 4) is 6.07 Å². The van der Waals surface area contributed by atoms with E-state index in [1.165, 1.54) is 25.7 Å². The van der Waals surface area contributed by atoms with Gasteiger partial charge in [-0.25, -0.2) is 0 Å². The maximum absolute atomic E-state index is 9.34. The third-order valence-corrected chi connectivity index (χ3v) is 4.32. The normalized spacial score (nSPS) is 26.6. The molecule has 3 heteroatoms. The van der Waals surface area contributed by atoms with Crippen LogP contribution in [0.15, 0.2) is 0 Å². The van der Waals surface area contributed by atoms with Gasteiger partial charge in [-0.1, -0.05) is 33.6 Å². The summed E-state index contributed by atoms with van der Waals surface area (Å²) in [5, 5.41) is 12.7. The molecule has 1 aliphatic carbocycles. The van der Waals surface area contributed by atoms with Gasteiger partial charge in [0.25, 0.3) is 0 Å². The van der Waals surface area contributed by atoms with Crippen LogP contribution in [-0.4, -0.2) is 24.8 Å². The lowest BCUT2D eigenvalue weighted by Gasteiger charge is -2.28. The fourth-order valence-electron chi connectivity index (χ4n) is 3.06. The molecule has 1 fully saturated rings. The summed E-state index contributed by atoms with van der Waals surface area (Å²) >= 11 is 0. The van der Waals surface area contributed by atoms with Gasteiger partial charge in [0.1, 0.15) is 5.54 Å². The molecule has 0 spiro atoms. The zero-order valence-corrected chi connectivity index (χ0v) is 12.9. The first-order valence-corrected chi connectivity index (χ1v) is 7.93. The van der Waals surface area contributed by atoms with Crippen molar-refractivity contribution in [2.75, 3.05) is 13.2 Å². The summed E-state index contributed by atoms with van der Waals surface area (Å²) in [5.41, 5.74) is -0.349. The van der Waals surface area contributed by atoms with Crippen molar-refractivity contribution >= 4 is 0 Å². The molecule has 110 valence electrons. The number of ether oxygens (including phenoxy) is 1. The molecule has 0 radical (unpaired) electrons. The average Bonchev–Trinajstić information content (AvgIpc) is 2.42. The summed E-state index contributed by atoms with van der Waals surface area (Å²) in [7, 11) is 0. The number of hydrogen-bond acceptors (Lipinski definition) is 3. The van der Waals surface area contributed by atoms with Crippen molar-refractivity contribution in [3.05, 3.63) is 0 Å².